The molecule has 1 aliphatic rings. The number of carboxylic acids is 1. The van der Waals surface area contributed by atoms with Crippen LogP contribution in [0.5, 0.6) is 5.75 Å². The molecule has 5 atom stereocenters. The van der Waals surface area contributed by atoms with Gasteiger partial charge in [-0.1, -0.05) is 30.3 Å². The van der Waals surface area contributed by atoms with Crippen molar-refractivity contribution in [2.75, 3.05) is 12.8 Å². The molecule has 11 nitrogen and oxygen atoms in total. The van der Waals surface area contributed by atoms with Gasteiger partial charge in [-0.2, -0.15) is 0 Å². The van der Waals surface area contributed by atoms with Crippen LogP contribution < -0.4 is 4.52 Å². The molecule has 3 rings (SSSR count). The minimum absolute atomic E-state index is 0.0197. The number of Topliss-reactive ketones (excluding diaryl/α,β-unsaturated/α-hetero) is 3. The summed E-state index contributed by atoms with van der Waals surface area (Å²) < 4.78 is 30.0. The molecule has 12 heteroatoms. The van der Waals surface area contributed by atoms with Crippen LogP contribution in [0.25, 0.3) is 0 Å². The fraction of sp³-hybridized carbons (Fsp3) is 0.500. The van der Waals surface area contributed by atoms with Gasteiger partial charge in [0.05, 0.1) is 24.7 Å². The lowest BCUT2D eigenvalue weighted by Crippen LogP contribution is -2.25. The zero-order valence-corrected chi connectivity index (χ0v) is 29.0. The van der Waals surface area contributed by atoms with E-state index in [9.17, 15) is 33.6 Å². The second-order valence-electron chi connectivity index (χ2n) is 12.1. The van der Waals surface area contributed by atoms with Crippen LogP contribution in [0.4, 0.5) is 0 Å². The Hall–Kier alpha value is -3.95. The maximum absolute atomic E-state index is 13.7. The van der Waals surface area contributed by atoms with Crippen LogP contribution in [0.1, 0.15) is 100 Å². The van der Waals surface area contributed by atoms with E-state index in [0.717, 1.165) is 18.4 Å². The Balaban J connectivity index is 1.57. The minimum Gasteiger partial charge on any atom is -0.481 e. The van der Waals surface area contributed by atoms with E-state index < -0.39 is 37.6 Å². The predicted octanol–water partition coefficient (Wildman–Crippen LogP) is 6.80. The number of esters is 1. The molecule has 0 radical (unpaired) electrons. The number of carbonyl (C=O) groups is 5. The maximum atomic E-state index is 13.7. The molecule has 2 aromatic rings. The molecule has 1 aliphatic carbocycles. The predicted molar refractivity (Wildman–Crippen MR) is 181 cm³/mol. The number of benzene rings is 2. The molecule has 1 N–H and O–H groups in total. The van der Waals surface area contributed by atoms with Crippen molar-refractivity contribution in [1.82, 2.24) is 0 Å². The highest BCUT2D eigenvalue weighted by Gasteiger charge is 2.34. The molecule has 0 spiro atoms. The number of hydrogen-bond acceptors (Lipinski definition) is 10. The van der Waals surface area contributed by atoms with Gasteiger partial charge in [-0.05, 0) is 88.9 Å². The van der Waals surface area contributed by atoms with E-state index >= 15 is 0 Å². The van der Waals surface area contributed by atoms with Crippen molar-refractivity contribution in [1.29, 1.82) is 0 Å². The van der Waals surface area contributed by atoms with Crippen molar-refractivity contribution >= 4 is 43.1 Å². The van der Waals surface area contributed by atoms with Crippen molar-refractivity contribution in [3.8, 4) is 5.75 Å². The molecule has 0 bridgehead atoms. The van der Waals surface area contributed by atoms with Crippen molar-refractivity contribution < 1.29 is 47.4 Å². The fourth-order valence-electron chi connectivity index (χ4n) is 5.52. The molecule has 2 aromatic carbocycles. The molecule has 48 heavy (non-hydrogen) atoms. The molecule has 0 saturated heterocycles. The van der Waals surface area contributed by atoms with Gasteiger partial charge in [0.1, 0.15) is 17.3 Å². The largest absolute Gasteiger partial charge is 0.481 e. The summed E-state index contributed by atoms with van der Waals surface area (Å²) in [6.45, 7) is 6.46. The summed E-state index contributed by atoms with van der Waals surface area (Å²) in [5, 5.41) is 9.59. The van der Waals surface area contributed by atoms with Crippen LogP contribution >= 0.6 is 7.60 Å². The quantitative estimate of drug-likeness (QED) is 0.0680. The summed E-state index contributed by atoms with van der Waals surface area (Å²) >= 11 is 0. The monoisotopic (exact) mass is 683 g/mol. The van der Waals surface area contributed by atoms with Crippen molar-refractivity contribution in [2.45, 2.75) is 97.1 Å². The Morgan fingerprint density at radius 3 is 2.42 bits per heavy atom. The third kappa shape index (κ3) is 11.9. The zero-order chi connectivity index (χ0) is 35.3. The van der Waals surface area contributed by atoms with Gasteiger partial charge in [0.25, 0.3) is 0 Å². The van der Waals surface area contributed by atoms with Crippen molar-refractivity contribution in [3.05, 3.63) is 65.2 Å². The first-order chi connectivity index (χ1) is 22.8. The van der Waals surface area contributed by atoms with Crippen LogP contribution in [0.2, 0.25) is 0 Å². The van der Waals surface area contributed by atoms with Crippen LogP contribution in [-0.2, 0) is 39.4 Å². The highest BCUT2D eigenvalue weighted by Crippen LogP contribution is 2.50. The number of carboxylic acid groups (broad SMARTS) is 1. The Bertz CT molecular complexity index is 1520. The van der Waals surface area contributed by atoms with Crippen LogP contribution in [-0.4, -0.2) is 65.5 Å². The number of aliphatic carboxylic acids is 1. The molecular formula is C36H46NO10P. The molecule has 0 amide bonds. The summed E-state index contributed by atoms with van der Waals surface area (Å²) in [7, 11) is -3.86. The average Bonchev–Trinajstić information content (AvgIpc) is 3.45. The third-order valence-electron chi connectivity index (χ3n) is 8.12. The van der Waals surface area contributed by atoms with Gasteiger partial charge in [0, 0.05) is 37.2 Å². The van der Waals surface area contributed by atoms with E-state index in [1.54, 1.807) is 68.6 Å². The first kappa shape index (κ1) is 38.5. The highest BCUT2D eigenvalue weighted by atomic mass is 31.2. The maximum Gasteiger partial charge on any atom is 0.382 e. The average molecular weight is 684 g/mol. The molecule has 260 valence electrons. The molecule has 0 heterocycles. The molecule has 0 aromatic heterocycles. The van der Waals surface area contributed by atoms with Crippen LogP contribution in [0, 0.1) is 5.92 Å². The van der Waals surface area contributed by atoms with E-state index in [0.29, 0.717) is 24.2 Å². The molecular weight excluding hydrogens is 637 g/mol. The molecule has 0 aliphatic heterocycles. The fourth-order valence-corrected chi connectivity index (χ4v) is 7.48. The van der Waals surface area contributed by atoms with E-state index in [4.69, 9.17) is 13.8 Å². The summed E-state index contributed by atoms with van der Waals surface area (Å²) in [4.78, 5) is 66.4. The molecule has 1 saturated carbocycles. The Morgan fingerprint density at radius 2 is 1.77 bits per heavy atom. The highest BCUT2D eigenvalue weighted by molar-refractivity contribution is 7.54. The smallest absolute Gasteiger partial charge is 0.382 e. The zero-order valence-electron chi connectivity index (χ0n) is 28.1. The van der Waals surface area contributed by atoms with E-state index in [1.165, 1.54) is 13.8 Å². The SMILES string of the molecule is CCOC(=O)[C@@H](C)OP(=O)(CC(C)N=CCCC(=O)CCC(=O)c1cc(CC2CCCC2=O)ccc1C(C)C(=O)O)Oc1ccccc1. The number of nitrogens with zero attached hydrogens (tertiary/aromatic N) is 1. The Morgan fingerprint density at radius 1 is 1.04 bits per heavy atom. The van der Waals surface area contributed by atoms with E-state index in [-0.39, 0.29) is 67.3 Å². The van der Waals surface area contributed by atoms with Gasteiger partial charge in [-0.15, -0.1) is 0 Å². The number of ether oxygens (including phenoxy) is 1. The van der Waals surface area contributed by atoms with Gasteiger partial charge in [-0.3, -0.25) is 28.7 Å². The number of carbonyl (C=O) groups excluding carboxylic acids is 4. The summed E-state index contributed by atoms with van der Waals surface area (Å²) in [5.74, 6) is -2.68. The summed E-state index contributed by atoms with van der Waals surface area (Å²) in [5.41, 5.74) is 1.46. The van der Waals surface area contributed by atoms with Crippen molar-refractivity contribution in [3.63, 3.8) is 0 Å². The second-order valence-corrected chi connectivity index (χ2v) is 14.1. The van der Waals surface area contributed by atoms with Gasteiger partial charge in [0.15, 0.2) is 11.9 Å². The van der Waals surface area contributed by atoms with Gasteiger partial charge >= 0.3 is 19.5 Å². The summed E-state index contributed by atoms with van der Waals surface area (Å²) in [6, 6.07) is 13.0. The first-order valence-corrected chi connectivity index (χ1v) is 18.2. The normalized spacial score (nSPS) is 17.8. The summed E-state index contributed by atoms with van der Waals surface area (Å²) in [6.07, 6.45) is 3.32. The van der Waals surface area contributed by atoms with E-state index in [2.05, 4.69) is 4.99 Å². The van der Waals surface area contributed by atoms with Crippen LogP contribution in [0.3, 0.4) is 0 Å². The number of para-hydroxylation sites is 1. The van der Waals surface area contributed by atoms with Crippen LogP contribution in [0.15, 0.2) is 53.5 Å². The first-order valence-electron chi connectivity index (χ1n) is 16.5. The Labute approximate surface area is 282 Å². The third-order valence-corrected chi connectivity index (χ3v) is 10.2. The second kappa shape index (κ2) is 18.6. The number of ketones is 3. The van der Waals surface area contributed by atoms with E-state index in [1.807, 2.05) is 0 Å². The van der Waals surface area contributed by atoms with Gasteiger partial charge in [-0.25, -0.2) is 9.36 Å². The van der Waals surface area contributed by atoms with Gasteiger partial charge < -0.3 is 14.4 Å². The minimum atomic E-state index is -3.86. The molecule has 1 fully saturated rings. The number of hydrogen-bond donors (Lipinski definition) is 1. The standard InChI is InChI=1S/C36H46NO10P/c1-5-45-36(43)26(4)46-48(44,47-30-13-7-6-8-14-30)23-24(2)37-20-10-12-29(38)17-19-34(40)32-22-27(21-28-11-9-15-33(28)39)16-18-31(32)25(3)35(41)42/h6-8,13-14,16,18,20,22,24-26,28H,5,9-12,15,17,19,21,23H2,1-4H3,(H,41,42)/t24?,25?,26-,28?,48?/m1/s1. The Kier molecular flexibility index (Phi) is 14.9. The van der Waals surface area contributed by atoms with Gasteiger partial charge in [0.2, 0.25) is 0 Å². The lowest BCUT2D eigenvalue weighted by Gasteiger charge is -2.23. The topological polar surface area (TPSA) is 163 Å². The molecule has 4 unspecified atom stereocenters. The number of rotatable bonds is 20. The lowest BCUT2D eigenvalue weighted by molar-refractivity contribution is -0.150. The number of aliphatic imine (C=N–C) groups is 1. The van der Waals surface area contributed by atoms with Crippen molar-refractivity contribution in [2.24, 2.45) is 10.9 Å². The lowest BCUT2D eigenvalue weighted by atomic mass is 9.88.